The van der Waals surface area contributed by atoms with E-state index in [0.29, 0.717) is 18.2 Å². The molecule has 0 radical (unpaired) electrons. The Morgan fingerprint density at radius 2 is 1.93 bits per heavy atom. The second kappa shape index (κ2) is 9.03. The number of carbonyl (C=O) groups excluding carboxylic acids is 2. The van der Waals surface area contributed by atoms with E-state index < -0.39 is 23.5 Å². The summed E-state index contributed by atoms with van der Waals surface area (Å²) in [7, 11) is 0. The highest BCUT2D eigenvalue weighted by atomic mass is 19.1. The largest absolute Gasteiger partial charge is 0.444 e. The number of urea groups is 1. The second-order valence-corrected chi connectivity index (χ2v) is 8.09. The van der Waals surface area contributed by atoms with Gasteiger partial charge in [-0.2, -0.15) is 0 Å². The molecule has 1 aliphatic carbocycles. The monoisotopic (exact) mass is 392 g/mol. The predicted molar refractivity (Wildman–Crippen MR) is 106 cm³/mol. The first-order valence-electron chi connectivity index (χ1n) is 9.43. The van der Waals surface area contributed by atoms with Crippen LogP contribution in [0.25, 0.3) is 0 Å². The maximum atomic E-state index is 13.1. The molecule has 7 nitrogen and oxygen atoms in total. The van der Waals surface area contributed by atoms with Crippen LogP contribution in [0, 0.1) is 17.1 Å². The number of nitrogens with one attached hydrogen (secondary N) is 2. The van der Waals surface area contributed by atoms with Crippen LogP contribution < -0.4 is 10.2 Å². The summed E-state index contributed by atoms with van der Waals surface area (Å²) in [5.41, 5.74) is -0.218. The fourth-order valence-corrected chi connectivity index (χ4v) is 2.62. The lowest BCUT2D eigenvalue weighted by molar-refractivity contribution is 0.0167. The molecule has 2 N–H and O–H groups in total. The number of ether oxygens (including phenoxy) is 1. The summed E-state index contributed by atoms with van der Waals surface area (Å²) in [4.78, 5) is 27.7. The van der Waals surface area contributed by atoms with Crippen molar-refractivity contribution in [2.45, 2.75) is 52.2 Å². The third kappa shape index (κ3) is 6.51. The van der Waals surface area contributed by atoms with Gasteiger partial charge in [0.1, 0.15) is 11.4 Å². The zero-order valence-electron chi connectivity index (χ0n) is 16.9. The third-order valence-electron chi connectivity index (χ3n) is 4.31. The summed E-state index contributed by atoms with van der Waals surface area (Å²) in [5, 5.41) is 10.2. The van der Waals surface area contributed by atoms with Crippen molar-refractivity contribution in [3.05, 3.63) is 30.1 Å². The molecule has 1 saturated carbocycles. The van der Waals surface area contributed by atoms with E-state index in [2.05, 4.69) is 5.32 Å². The molecule has 0 spiro atoms. The van der Waals surface area contributed by atoms with Gasteiger partial charge in [-0.1, -0.05) is 0 Å². The normalized spacial score (nSPS) is 14.8. The Morgan fingerprint density at radius 1 is 1.32 bits per heavy atom. The maximum absolute atomic E-state index is 13.1. The number of rotatable bonds is 7. The van der Waals surface area contributed by atoms with Gasteiger partial charge in [0.15, 0.2) is 0 Å². The standard InChI is InChI=1S/C20H29FN4O3/c1-14(24(12-15-5-6-15)19(27)28-20(2,3)4)11-23-18(26)25(13-22)17-9-7-16(21)8-10-17/h7-10,13-15,22H,5-6,11-12H2,1-4H3,(H,23,26)/t14-/m0/s1. The number of nitrogens with zero attached hydrogens (tertiary/aromatic N) is 2. The number of halogens is 1. The van der Waals surface area contributed by atoms with Gasteiger partial charge in [-0.3, -0.25) is 10.3 Å². The summed E-state index contributed by atoms with van der Waals surface area (Å²) in [6, 6.07) is 4.49. The number of amides is 3. The van der Waals surface area contributed by atoms with Gasteiger partial charge >= 0.3 is 12.1 Å². The zero-order chi connectivity index (χ0) is 20.9. The predicted octanol–water partition coefficient (Wildman–Crippen LogP) is 3.98. The van der Waals surface area contributed by atoms with E-state index in [9.17, 15) is 14.0 Å². The van der Waals surface area contributed by atoms with Crippen LogP contribution in [0.3, 0.4) is 0 Å². The number of carbonyl (C=O) groups is 2. The van der Waals surface area contributed by atoms with Crippen molar-refractivity contribution in [3.8, 4) is 0 Å². The average Bonchev–Trinajstić information content (AvgIpc) is 3.42. The first-order chi connectivity index (χ1) is 13.1. The van der Waals surface area contributed by atoms with E-state index in [4.69, 9.17) is 10.1 Å². The molecule has 8 heteroatoms. The zero-order valence-corrected chi connectivity index (χ0v) is 16.9. The Balaban J connectivity index is 1.98. The molecule has 0 aromatic heterocycles. The van der Waals surface area contributed by atoms with E-state index in [0.717, 1.165) is 24.1 Å². The molecule has 28 heavy (non-hydrogen) atoms. The summed E-state index contributed by atoms with van der Waals surface area (Å²) >= 11 is 0. The van der Waals surface area contributed by atoms with Gasteiger partial charge in [-0.25, -0.2) is 14.0 Å². The molecule has 1 aromatic carbocycles. The van der Waals surface area contributed by atoms with Crippen LogP contribution in [0.2, 0.25) is 0 Å². The van der Waals surface area contributed by atoms with Crippen molar-refractivity contribution in [2.75, 3.05) is 18.0 Å². The third-order valence-corrected chi connectivity index (χ3v) is 4.31. The average molecular weight is 392 g/mol. The maximum Gasteiger partial charge on any atom is 0.410 e. The molecule has 1 aliphatic rings. The number of hydrogen-bond donors (Lipinski definition) is 2. The fraction of sp³-hybridized carbons (Fsp3) is 0.550. The molecule has 1 fully saturated rings. The molecule has 0 unspecified atom stereocenters. The fourth-order valence-electron chi connectivity index (χ4n) is 2.62. The van der Waals surface area contributed by atoms with Crippen LogP contribution in [0.5, 0.6) is 0 Å². The lowest BCUT2D eigenvalue weighted by Gasteiger charge is -2.32. The van der Waals surface area contributed by atoms with Gasteiger partial charge in [-0.15, -0.1) is 0 Å². The molecule has 0 aliphatic heterocycles. The van der Waals surface area contributed by atoms with Crippen molar-refractivity contribution >= 4 is 24.2 Å². The van der Waals surface area contributed by atoms with E-state index in [-0.39, 0.29) is 12.6 Å². The van der Waals surface area contributed by atoms with Gasteiger partial charge < -0.3 is 15.0 Å². The minimum absolute atomic E-state index is 0.205. The van der Waals surface area contributed by atoms with Gasteiger partial charge in [0.2, 0.25) is 0 Å². The van der Waals surface area contributed by atoms with Crippen LogP contribution in [-0.2, 0) is 4.74 Å². The summed E-state index contributed by atoms with van der Waals surface area (Å²) in [6.07, 6.45) is 2.64. The summed E-state index contributed by atoms with van der Waals surface area (Å²) < 4.78 is 18.6. The first-order valence-corrected chi connectivity index (χ1v) is 9.43. The highest BCUT2D eigenvalue weighted by molar-refractivity contribution is 6.06. The molecule has 3 amide bonds. The quantitative estimate of drug-likeness (QED) is 0.543. The van der Waals surface area contributed by atoms with E-state index in [1.54, 1.807) is 4.90 Å². The minimum atomic E-state index is -0.596. The topological polar surface area (TPSA) is 85.7 Å². The van der Waals surface area contributed by atoms with Crippen molar-refractivity contribution in [3.63, 3.8) is 0 Å². The minimum Gasteiger partial charge on any atom is -0.444 e. The number of anilines is 1. The lowest BCUT2D eigenvalue weighted by Crippen LogP contribution is -2.50. The molecular formula is C20H29FN4O3. The van der Waals surface area contributed by atoms with Crippen molar-refractivity contribution in [2.24, 2.45) is 5.92 Å². The second-order valence-electron chi connectivity index (χ2n) is 8.09. The molecule has 0 bridgehead atoms. The Kier molecular flexibility index (Phi) is 6.99. The molecule has 1 atom stereocenters. The van der Waals surface area contributed by atoms with Gasteiger partial charge in [0.05, 0.1) is 12.0 Å². The SMILES string of the molecule is C[C@@H](CNC(=O)N(C=N)c1ccc(F)cc1)N(CC1CC1)C(=O)OC(C)(C)C. The molecule has 154 valence electrons. The Hall–Kier alpha value is -2.64. The first kappa shape index (κ1) is 21.7. The Morgan fingerprint density at radius 3 is 2.43 bits per heavy atom. The molecule has 0 saturated heterocycles. The van der Waals surface area contributed by atoms with Crippen molar-refractivity contribution in [1.82, 2.24) is 10.2 Å². The van der Waals surface area contributed by atoms with Crippen LogP contribution in [0.15, 0.2) is 24.3 Å². The van der Waals surface area contributed by atoms with Crippen LogP contribution in [0.1, 0.15) is 40.5 Å². The van der Waals surface area contributed by atoms with E-state index in [1.165, 1.54) is 24.3 Å². The lowest BCUT2D eigenvalue weighted by atomic mass is 10.2. The Bertz CT molecular complexity index is 698. The highest BCUT2D eigenvalue weighted by Crippen LogP contribution is 2.30. The smallest absolute Gasteiger partial charge is 0.410 e. The van der Waals surface area contributed by atoms with Crippen LogP contribution in [0.4, 0.5) is 19.7 Å². The van der Waals surface area contributed by atoms with Crippen LogP contribution in [-0.4, -0.2) is 48.1 Å². The highest BCUT2D eigenvalue weighted by Gasteiger charge is 2.32. The summed E-state index contributed by atoms with van der Waals surface area (Å²) in [5.74, 6) is 0.0544. The molecule has 2 rings (SSSR count). The van der Waals surface area contributed by atoms with Gasteiger partial charge in [-0.05, 0) is 70.7 Å². The van der Waals surface area contributed by atoms with Gasteiger partial charge in [0, 0.05) is 19.1 Å². The Labute approximate surface area is 165 Å². The van der Waals surface area contributed by atoms with E-state index in [1.807, 2.05) is 27.7 Å². The molecule has 0 heterocycles. The molecular weight excluding hydrogens is 363 g/mol. The van der Waals surface area contributed by atoms with Crippen LogP contribution >= 0.6 is 0 Å². The number of benzene rings is 1. The van der Waals surface area contributed by atoms with Gasteiger partial charge in [0.25, 0.3) is 0 Å². The molecule has 1 aromatic rings. The van der Waals surface area contributed by atoms with E-state index >= 15 is 0 Å². The number of hydrogen-bond acceptors (Lipinski definition) is 4. The van der Waals surface area contributed by atoms with Crippen molar-refractivity contribution in [1.29, 1.82) is 5.41 Å². The summed E-state index contributed by atoms with van der Waals surface area (Å²) in [6.45, 7) is 8.10. The van der Waals surface area contributed by atoms with Crippen molar-refractivity contribution < 1.29 is 18.7 Å².